The summed E-state index contributed by atoms with van der Waals surface area (Å²) in [5.74, 6) is -0.0567. The number of benzene rings is 1. The Balaban J connectivity index is 1.38. The molecule has 2 aromatic rings. The molecule has 1 unspecified atom stereocenters. The van der Waals surface area contributed by atoms with Gasteiger partial charge >= 0.3 is 19.6 Å². The molecule has 2 aliphatic rings. The number of anilines is 1. The number of halogens is 1. The van der Waals surface area contributed by atoms with Crippen LogP contribution in [0.1, 0.15) is 57.4 Å². The van der Waals surface area contributed by atoms with Crippen molar-refractivity contribution in [3.8, 4) is 0 Å². The van der Waals surface area contributed by atoms with Gasteiger partial charge in [-0.25, -0.2) is 14.2 Å². The molecule has 3 heterocycles. The van der Waals surface area contributed by atoms with Crippen LogP contribution in [0.5, 0.6) is 0 Å². The van der Waals surface area contributed by atoms with E-state index in [2.05, 4.69) is 10.3 Å². The molecule has 220 valence electrons. The van der Waals surface area contributed by atoms with Crippen LogP contribution in [0, 0.1) is 0 Å². The Hall–Kier alpha value is -2.35. The maximum atomic E-state index is 13.1. The highest BCUT2D eigenvalue weighted by Crippen LogP contribution is 2.57. The first-order chi connectivity index (χ1) is 19.0. The van der Waals surface area contributed by atoms with Crippen molar-refractivity contribution in [1.29, 1.82) is 0 Å². The predicted octanol–water partition coefficient (Wildman–Crippen LogP) is 3.95. The molecule has 0 radical (unpaired) electrons. The van der Waals surface area contributed by atoms with Crippen LogP contribution in [-0.2, 0) is 27.6 Å². The summed E-state index contributed by atoms with van der Waals surface area (Å²) in [6.07, 6.45) is -1.17. The normalized spacial score (nSPS) is 30.2. The molecule has 15 heteroatoms. The topological polar surface area (TPSA) is 168 Å². The first-order valence-electron chi connectivity index (χ1n) is 12.9. The summed E-state index contributed by atoms with van der Waals surface area (Å²) in [4.78, 5) is 28.4. The van der Waals surface area contributed by atoms with E-state index in [4.69, 9.17) is 34.6 Å². The SMILES string of the molecule is CCCCCOC(=O)Nc1ccn([C@@H]2O[C@H](COP3(=O)OCC[C@@H](c4cccc(Cl)c4)O3)[C@@H](O)[C@@]2(C)O)c(=O)n1. The van der Waals surface area contributed by atoms with Gasteiger partial charge in [0.25, 0.3) is 0 Å². The number of aliphatic hydroxyl groups is 2. The van der Waals surface area contributed by atoms with Crippen molar-refractivity contribution < 1.29 is 42.6 Å². The minimum Gasteiger partial charge on any atom is -0.449 e. The number of aromatic nitrogens is 2. The summed E-state index contributed by atoms with van der Waals surface area (Å²) >= 11 is 6.05. The van der Waals surface area contributed by atoms with Gasteiger partial charge in [-0.2, -0.15) is 4.98 Å². The van der Waals surface area contributed by atoms with Crippen LogP contribution in [0.3, 0.4) is 0 Å². The molecule has 13 nitrogen and oxygen atoms in total. The number of amides is 1. The van der Waals surface area contributed by atoms with Crippen molar-refractivity contribution in [1.82, 2.24) is 9.55 Å². The van der Waals surface area contributed by atoms with Crippen LogP contribution < -0.4 is 11.0 Å². The van der Waals surface area contributed by atoms with E-state index < -0.39 is 56.4 Å². The standard InChI is InChI=1S/C25H33ClN3O10P/c1-3-4-5-12-35-24(32)28-20-9-11-29(23(31)27-20)22-25(2,33)21(30)19(38-22)15-37-40(34)36-13-10-18(39-40)16-7-6-8-17(26)14-16/h6-9,11,14,18-19,21-22,30,33H,3-5,10,12-13,15H2,1-2H3,(H,27,28,31,32)/t18-,19+,21+,22+,25+,40?/m0/s1. The van der Waals surface area contributed by atoms with E-state index in [1.165, 1.54) is 19.2 Å². The summed E-state index contributed by atoms with van der Waals surface area (Å²) in [6.45, 7) is 3.16. The van der Waals surface area contributed by atoms with Crippen LogP contribution in [0.15, 0.2) is 41.3 Å². The molecule has 3 N–H and O–H groups in total. The van der Waals surface area contributed by atoms with Gasteiger partial charge in [0.05, 0.1) is 25.9 Å². The summed E-state index contributed by atoms with van der Waals surface area (Å²) in [5.41, 5.74) is -2.12. The zero-order valence-corrected chi connectivity index (χ0v) is 23.8. The lowest BCUT2D eigenvalue weighted by Gasteiger charge is -2.30. The third-order valence-electron chi connectivity index (χ3n) is 6.55. The van der Waals surface area contributed by atoms with Gasteiger partial charge in [0.2, 0.25) is 0 Å². The first kappa shape index (κ1) is 30.6. The van der Waals surface area contributed by atoms with E-state index in [9.17, 15) is 24.4 Å². The van der Waals surface area contributed by atoms with E-state index in [0.29, 0.717) is 17.0 Å². The third kappa shape index (κ3) is 7.29. The Morgan fingerprint density at radius 2 is 2.15 bits per heavy atom. The number of phosphoric ester groups is 1. The quantitative estimate of drug-likeness (QED) is 0.266. The van der Waals surface area contributed by atoms with E-state index in [0.717, 1.165) is 23.8 Å². The highest BCUT2D eigenvalue weighted by Gasteiger charge is 2.54. The monoisotopic (exact) mass is 601 g/mol. The molecule has 2 saturated heterocycles. The van der Waals surface area contributed by atoms with Crippen LogP contribution in [0.4, 0.5) is 10.6 Å². The maximum absolute atomic E-state index is 13.1. The number of hydrogen-bond donors (Lipinski definition) is 3. The minimum absolute atomic E-state index is 0.0567. The molecule has 0 aliphatic carbocycles. The summed E-state index contributed by atoms with van der Waals surface area (Å²) in [7, 11) is -4.05. The summed E-state index contributed by atoms with van der Waals surface area (Å²) < 4.78 is 41.2. The molecule has 4 rings (SSSR count). The van der Waals surface area contributed by atoms with Crippen molar-refractivity contribution in [3.63, 3.8) is 0 Å². The molecule has 2 fully saturated rings. The second-order valence-electron chi connectivity index (χ2n) is 9.68. The van der Waals surface area contributed by atoms with Crippen LogP contribution >= 0.6 is 19.4 Å². The molecule has 0 spiro atoms. The number of nitrogens with zero attached hydrogens (tertiary/aromatic N) is 2. The number of carbonyl (C=O) groups is 1. The first-order valence-corrected chi connectivity index (χ1v) is 14.8. The number of hydrogen-bond acceptors (Lipinski definition) is 11. The van der Waals surface area contributed by atoms with Gasteiger partial charge in [-0.1, -0.05) is 43.5 Å². The second kappa shape index (κ2) is 13.1. The van der Waals surface area contributed by atoms with Gasteiger partial charge in [-0.3, -0.25) is 23.5 Å². The average molecular weight is 602 g/mol. The molecular formula is C25H33ClN3O10P. The van der Waals surface area contributed by atoms with Gasteiger partial charge in [0.15, 0.2) is 6.23 Å². The average Bonchev–Trinajstić information content (AvgIpc) is 3.13. The highest BCUT2D eigenvalue weighted by molar-refractivity contribution is 7.48. The Morgan fingerprint density at radius 1 is 1.35 bits per heavy atom. The molecule has 40 heavy (non-hydrogen) atoms. The fourth-order valence-corrected chi connectivity index (χ4v) is 5.97. The molecule has 2 aliphatic heterocycles. The van der Waals surface area contributed by atoms with Crippen molar-refractivity contribution >= 4 is 31.3 Å². The van der Waals surface area contributed by atoms with Crippen molar-refractivity contribution in [2.45, 2.75) is 69.7 Å². The predicted molar refractivity (Wildman–Crippen MR) is 143 cm³/mol. The third-order valence-corrected chi connectivity index (χ3v) is 8.26. The number of aliphatic hydroxyl groups excluding tert-OH is 1. The molecule has 0 bridgehead atoms. The fourth-order valence-electron chi connectivity index (χ4n) is 4.37. The Morgan fingerprint density at radius 3 is 2.88 bits per heavy atom. The zero-order chi connectivity index (χ0) is 28.9. The lowest BCUT2D eigenvalue weighted by Crippen LogP contribution is -2.46. The summed E-state index contributed by atoms with van der Waals surface area (Å²) in [5, 5.41) is 24.6. The Labute approximate surface area is 235 Å². The van der Waals surface area contributed by atoms with Crippen LogP contribution in [-0.4, -0.2) is 63.5 Å². The zero-order valence-electron chi connectivity index (χ0n) is 22.1. The van der Waals surface area contributed by atoms with Gasteiger partial charge in [-0.05, 0) is 37.1 Å². The maximum Gasteiger partial charge on any atom is 0.475 e. The van der Waals surface area contributed by atoms with Gasteiger partial charge in [-0.15, -0.1) is 0 Å². The second-order valence-corrected chi connectivity index (χ2v) is 11.7. The van der Waals surface area contributed by atoms with Crippen LogP contribution in [0.2, 0.25) is 5.02 Å². The van der Waals surface area contributed by atoms with Gasteiger partial charge < -0.3 is 19.7 Å². The van der Waals surface area contributed by atoms with Crippen LogP contribution in [0.25, 0.3) is 0 Å². The molecule has 6 atom stereocenters. The van der Waals surface area contributed by atoms with Gasteiger partial charge in [0.1, 0.15) is 23.6 Å². The minimum atomic E-state index is -4.05. The molecule has 1 aromatic carbocycles. The largest absolute Gasteiger partial charge is 0.475 e. The lowest BCUT2D eigenvalue weighted by molar-refractivity contribution is -0.0989. The van der Waals surface area contributed by atoms with Crippen molar-refractivity contribution in [2.75, 3.05) is 25.1 Å². The molecule has 0 saturated carbocycles. The molecule has 1 amide bonds. The van der Waals surface area contributed by atoms with Crippen molar-refractivity contribution in [3.05, 3.63) is 57.6 Å². The number of unbranched alkanes of at least 4 members (excludes halogenated alkanes) is 2. The molecular weight excluding hydrogens is 569 g/mol. The van der Waals surface area contributed by atoms with Gasteiger partial charge in [0, 0.05) is 17.6 Å². The van der Waals surface area contributed by atoms with E-state index >= 15 is 0 Å². The highest BCUT2D eigenvalue weighted by atomic mass is 35.5. The van der Waals surface area contributed by atoms with E-state index in [-0.39, 0.29) is 19.0 Å². The Bertz CT molecular complexity index is 1290. The van der Waals surface area contributed by atoms with E-state index in [1.807, 2.05) is 6.92 Å². The Kier molecular flexibility index (Phi) is 10.0. The smallest absolute Gasteiger partial charge is 0.449 e. The number of phosphoric acid groups is 1. The fraction of sp³-hybridized carbons (Fsp3) is 0.560. The van der Waals surface area contributed by atoms with Crippen molar-refractivity contribution in [2.24, 2.45) is 0 Å². The van der Waals surface area contributed by atoms with E-state index in [1.54, 1.807) is 24.3 Å². The number of rotatable bonds is 10. The lowest BCUT2D eigenvalue weighted by atomic mass is 9.96. The summed E-state index contributed by atoms with van der Waals surface area (Å²) in [6, 6.07) is 8.24. The number of ether oxygens (including phenoxy) is 2. The molecule has 1 aromatic heterocycles. The number of carbonyl (C=O) groups excluding carboxylic acids is 1. The number of nitrogens with one attached hydrogen (secondary N) is 1.